The Kier molecular flexibility index (Phi) is 4.23. The third-order valence-electron chi connectivity index (χ3n) is 2.83. The number of hydrogen-bond acceptors (Lipinski definition) is 5. The third-order valence-corrected chi connectivity index (χ3v) is 3.77. The molecule has 0 saturated heterocycles. The summed E-state index contributed by atoms with van der Waals surface area (Å²) >= 11 is 1.48. The summed E-state index contributed by atoms with van der Waals surface area (Å²) in [6, 6.07) is 1.81. The van der Waals surface area contributed by atoms with Gasteiger partial charge in [0.15, 0.2) is 0 Å². The van der Waals surface area contributed by atoms with Crippen LogP contribution in [0.5, 0.6) is 0 Å². The van der Waals surface area contributed by atoms with Crippen molar-refractivity contribution in [3.8, 4) is 0 Å². The minimum atomic E-state index is -0.406. The molecular weight excluding hydrogens is 276 g/mol. The number of fused-ring (bicyclic) bond motifs is 1. The minimum Gasteiger partial charge on any atom is -0.464 e. The standard InChI is InChI=1S/C14H18N2O3S/c1-8(2)7-19-12(17)6-16-10(4)15-13-11(14(16)18)5-9(3)20-13/h5,8H,6-7H2,1-4H3. The van der Waals surface area contributed by atoms with E-state index in [4.69, 9.17) is 4.74 Å². The quantitative estimate of drug-likeness (QED) is 0.812. The van der Waals surface area contributed by atoms with E-state index in [1.54, 1.807) is 6.92 Å². The van der Waals surface area contributed by atoms with Crippen molar-refractivity contribution >= 4 is 27.5 Å². The maximum absolute atomic E-state index is 12.4. The Balaban J connectivity index is 2.30. The van der Waals surface area contributed by atoms with Gasteiger partial charge in [-0.3, -0.25) is 14.2 Å². The molecule has 0 saturated carbocycles. The van der Waals surface area contributed by atoms with E-state index in [1.807, 2.05) is 26.8 Å². The molecule has 0 aromatic carbocycles. The molecule has 108 valence electrons. The molecule has 0 bridgehead atoms. The average Bonchev–Trinajstić information content (AvgIpc) is 2.72. The maximum atomic E-state index is 12.4. The zero-order valence-corrected chi connectivity index (χ0v) is 12.9. The summed E-state index contributed by atoms with van der Waals surface area (Å²) in [6.07, 6.45) is 0. The van der Waals surface area contributed by atoms with E-state index >= 15 is 0 Å². The van der Waals surface area contributed by atoms with Gasteiger partial charge in [-0.1, -0.05) is 13.8 Å². The van der Waals surface area contributed by atoms with E-state index < -0.39 is 5.97 Å². The van der Waals surface area contributed by atoms with Crippen LogP contribution in [0.25, 0.3) is 10.2 Å². The second-order valence-electron chi connectivity index (χ2n) is 5.20. The summed E-state index contributed by atoms with van der Waals surface area (Å²) in [5.41, 5.74) is -0.182. The predicted molar refractivity (Wildman–Crippen MR) is 79.2 cm³/mol. The molecular formula is C14H18N2O3S. The summed E-state index contributed by atoms with van der Waals surface area (Å²) in [5, 5.41) is 0.565. The number of esters is 1. The van der Waals surface area contributed by atoms with Crippen molar-refractivity contribution in [3.63, 3.8) is 0 Å². The molecule has 6 heteroatoms. The molecule has 0 atom stereocenters. The van der Waals surface area contributed by atoms with Crippen LogP contribution in [0, 0.1) is 19.8 Å². The first-order valence-electron chi connectivity index (χ1n) is 6.51. The van der Waals surface area contributed by atoms with E-state index in [1.165, 1.54) is 15.9 Å². The predicted octanol–water partition coefficient (Wildman–Crippen LogP) is 2.27. The Bertz CT molecular complexity index is 700. The zero-order valence-electron chi connectivity index (χ0n) is 12.1. The Morgan fingerprint density at radius 2 is 2.15 bits per heavy atom. The molecule has 0 aliphatic carbocycles. The van der Waals surface area contributed by atoms with Gasteiger partial charge in [-0.2, -0.15) is 0 Å². The van der Waals surface area contributed by atoms with Crippen LogP contribution in [0.1, 0.15) is 24.5 Å². The smallest absolute Gasteiger partial charge is 0.326 e. The number of thiophene rings is 1. The highest BCUT2D eigenvalue weighted by molar-refractivity contribution is 7.18. The largest absolute Gasteiger partial charge is 0.464 e. The van der Waals surface area contributed by atoms with Crippen LogP contribution in [0.2, 0.25) is 0 Å². The first-order chi connectivity index (χ1) is 9.38. The first kappa shape index (κ1) is 14.7. The fourth-order valence-corrected chi connectivity index (χ4v) is 2.77. The number of rotatable bonds is 4. The Hall–Kier alpha value is -1.69. The zero-order chi connectivity index (χ0) is 14.9. The highest BCUT2D eigenvalue weighted by Crippen LogP contribution is 2.20. The fraction of sp³-hybridized carbons (Fsp3) is 0.500. The second-order valence-corrected chi connectivity index (χ2v) is 6.44. The lowest BCUT2D eigenvalue weighted by atomic mass is 10.2. The molecule has 0 aliphatic rings. The van der Waals surface area contributed by atoms with Crippen LogP contribution >= 0.6 is 11.3 Å². The van der Waals surface area contributed by atoms with Crippen LogP contribution in [0.4, 0.5) is 0 Å². The third kappa shape index (κ3) is 3.07. The molecule has 0 fully saturated rings. The van der Waals surface area contributed by atoms with E-state index in [9.17, 15) is 9.59 Å². The van der Waals surface area contributed by atoms with Gasteiger partial charge >= 0.3 is 5.97 Å². The van der Waals surface area contributed by atoms with Crippen molar-refractivity contribution in [1.29, 1.82) is 0 Å². The highest BCUT2D eigenvalue weighted by Gasteiger charge is 2.14. The maximum Gasteiger partial charge on any atom is 0.326 e. The Labute approximate surface area is 121 Å². The van der Waals surface area contributed by atoms with Gasteiger partial charge < -0.3 is 4.74 Å². The van der Waals surface area contributed by atoms with E-state index in [-0.39, 0.29) is 18.0 Å². The van der Waals surface area contributed by atoms with E-state index in [0.717, 1.165) is 9.71 Å². The lowest BCUT2D eigenvalue weighted by Crippen LogP contribution is -2.28. The molecule has 0 aliphatic heterocycles. The molecule has 0 amide bonds. The van der Waals surface area contributed by atoms with Crippen molar-refractivity contribution in [2.75, 3.05) is 6.61 Å². The molecule has 2 aromatic rings. The van der Waals surface area contributed by atoms with Crippen LogP contribution in [-0.4, -0.2) is 22.1 Å². The van der Waals surface area contributed by atoms with Crippen molar-refractivity contribution in [3.05, 3.63) is 27.1 Å². The number of aromatic nitrogens is 2. The molecule has 0 radical (unpaired) electrons. The van der Waals surface area contributed by atoms with E-state index in [2.05, 4.69) is 4.98 Å². The van der Waals surface area contributed by atoms with Crippen LogP contribution < -0.4 is 5.56 Å². The number of nitrogens with zero attached hydrogens (tertiary/aromatic N) is 2. The van der Waals surface area contributed by atoms with Gasteiger partial charge in [-0.25, -0.2) is 4.98 Å². The van der Waals surface area contributed by atoms with E-state index in [0.29, 0.717) is 17.8 Å². The summed E-state index contributed by atoms with van der Waals surface area (Å²) in [4.78, 5) is 30.2. The minimum absolute atomic E-state index is 0.0881. The average molecular weight is 294 g/mol. The molecule has 0 unspecified atom stereocenters. The van der Waals surface area contributed by atoms with Gasteiger partial charge in [0.1, 0.15) is 17.2 Å². The number of aryl methyl sites for hydroxylation is 2. The molecule has 2 heterocycles. The summed E-state index contributed by atoms with van der Waals surface area (Å²) in [5.74, 6) is 0.403. The van der Waals surface area contributed by atoms with Gasteiger partial charge in [0.2, 0.25) is 0 Å². The van der Waals surface area contributed by atoms with Crippen molar-refractivity contribution in [2.24, 2.45) is 5.92 Å². The summed E-state index contributed by atoms with van der Waals surface area (Å²) in [7, 11) is 0. The van der Waals surface area contributed by atoms with Crippen molar-refractivity contribution in [2.45, 2.75) is 34.2 Å². The van der Waals surface area contributed by atoms with Crippen LogP contribution in [0.3, 0.4) is 0 Å². The fourth-order valence-electron chi connectivity index (χ4n) is 1.86. The van der Waals surface area contributed by atoms with Crippen molar-refractivity contribution in [1.82, 2.24) is 9.55 Å². The van der Waals surface area contributed by atoms with Gasteiger partial charge in [-0.05, 0) is 25.8 Å². The lowest BCUT2D eigenvalue weighted by molar-refractivity contribution is -0.145. The topological polar surface area (TPSA) is 61.2 Å². The second kappa shape index (κ2) is 5.75. The normalized spacial score (nSPS) is 11.2. The monoisotopic (exact) mass is 294 g/mol. The summed E-state index contributed by atoms with van der Waals surface area (Å²) < 4.78 is 6.48. The van der Waals surface area contributed by atoms with Gasteiger partial charge in [0.25, 0.3) is 5.56 Å². The van der Waals surface area contributed by atoms with Crippen LogP contribution in [0.15, 0.2) is 10.9 Å². The van der Waals surface area contributed by atoms with Gasteiger partial charge in [0.05, 0.1) is 12.0 Å². The molecule has 2 aromatic heterocycles. The number of hydrogen-bond donors (Lipinski definition) is 0. The number of carbonyl (C=O) groups excluding carboxylic acids is 1. The Morgan fingerprint density at radius 3 is 2.80 bits per heavy atom. The number of ether oxygens (including phenoxy) is 1. The molecule has 20 heavy (non-hydrogen) atoms. The van der Waals surface area contributed by atoms with Crippen LogP contribution in [-0.2, 0) is 16.1 Å². The molecule has 0 spiro atoms. The Morgan fingerprint density at radius 1 is 1.45 bits per heavy atom. The molecule has 0 N–H and O–H groups in total. The summed E-state index contributed by atoms with van der Waals surface area (Å²) in [6.45, 7) is 7.86. The van der Waals surface area contributed by atoms with Crippen molar-refractivity contribution < 1.29 is 9.53 Å². The van der Waals surface area contributed by atoms with Gasteiger partial charge in [0, 0.05) is 4.88 Å². The molecule has 5 nitrogen and oxygen atoms in total. The number of carbonyl (C=O) groups is 1. The molecule has 2 rings (SSSR count). The van der Waals surface area contributed by atoms with Gasteiger partial charge in [-0.15, -0.1) is 11.3 Å². The first-order valence-corrected chi connectivity index (χ1v) is 7.33. The highest BCUT2D eigenvalue weighted by atomic mass is 32.1. The lowest BCUT2D eigenvalue weighted by Gasteiger charge is -2.10. The SMILES string of the molecule is Cc1cc2c(=O)n(CC(=O)OCC(C)C)c(C)nc2s1.